The van der Waals surface area contributed by atoms with Crippen LogP contribution in [0.2, 0.25) is 0 Å². The number of esters is 1. The maximum Gasteiger partial charge on any atom is 0.410 e. The summed E-state index contributed by atoms with van der Waals surface area (Å²) in [6.07, 6.45) is 0.451. The van der Waals surface area contributed by atoms with Crippen molar-refractivity contribution in [1.29, 1.82) is 0 Å². The zero-order valence-corrected chi connectivity index (χ0v) is 16.1. The number of likely N-dealkylation sites (tertiary alicyclic amines) is 1. The van der Waals surface area contributed by atoms with Gasteiger partial charge in [-0.05, 0) is 38.7 Å². The van der Waals surface area contributed by atoms with E-state index in [1.807, 2.05) is 32.9 Å². The predicted molar refractivity (Wildman–Crippen MR) is 99.4 cm³/mol. The summed E-state index contributed by atoms with van der Waals surface area (Å²) in [6, 6.07) is 6.89. The highest BCUT2D eigenvalue weighted by molar-refractivity contribution is 5.97. The first-order valence-corrected chi connectivity index (χ1v) is 8.79. The van der Waals surface area contributed by atoms with Crippen molar-refractivity contribution in [3.05, 3.63) is 35.4 Å². The molecule has 1 heterocycles. The SMILES string of the molecule is COC(=O)C[C@H]1C[C@H](c2ccc(C(N)=NO)cc2)N(C(=O)OC(C)(C)C)C1. The van der Waals surface area contributed by atoms with Gasteiger partial charge in [0.2, 0.25) is 0 Å². The van der Waals surface area contributed by atoms with Crippen LogP contribution >= 0.6 is 0 Å². The lowest BCUT2D eigenvalue weighted by Crippen LogP contribution is -2.37. The van der Waals surface area contributed by atoms with E-state index in [1.54, 1.807) is 17.0 Å². The minimum Gasteiger partial charge on any atom is -0.469 e. The van der Waals surface area contributed by atoms with Crippen molar-refractivity contribution in [2.75, 3.05) is 13.7 Å². The first kappa shape index (κ1) is 20.5. The van der Waals surface area contributed by atoms with Gasteiger partial charge in [0.05, 0.1) is 19.6 Å². The standard InChI is InChI=1S/C19H27N3O5/c1-19(2,3)27-18(24)22-11-12(10-16(23)26-4)9-15(22)13-5-7-14(8-6-13)17(20)21-25/h5-8,12,15,25H,9-11H2,1-4H3,(H2,20,21)/t12-,15-/m1/s1. The highest BCUT2D eigenvalue weighted by atomic mass is 16.6. The molecule has 0 saturated carbocycles. The molecule has 0 spiro atoms. The fraction of sp³-hybridized carbons (Fsp3) is 0.526. The largest absolute Gasteiger partial charge is 0.469 e. The highest BCUT2D eigenvalue weighted by Gasteiger charge is 2.39. The fourth-order valence-electron chi connectivity index (χ4n) is 3.16. The van der Waals surface area contributed by atoms with Crippen LogP contribution in [-0.2, 0) is 14.3 Å². The van der Waals surface area contributed by atoms with Crippen LogP contribution in [0, 0.1) is 5.92 Å². The van der Waals surface area contributed by atoms with E-state index < -0.39 is 11.7 Å². The quantitative estimate of drug-likeness (QED) is 0.274. The normalized spacial score (nSPS) is 20.4. The number of nitrogens with two attached hydrogens (primary N) is 1. The van der Waals surface area contributed by atoms with Crippen molar-refractivity contribution in [2.45, 2.75) is 45.3 Å². The first-order chi connectivity index (χ1) is 12.6. The number of hydrogen-bond acceptors (Lipinski definition) is 6. The Hall–Kier alpha value is -2.77. The summed E-state index contributed by atoms with van der Waals surface area (Å²) in [5.74, 6) is -0.300. The van der Waals surface area contributed by atoms with Crippen LogP contribution in [0.1, 0.15) is 50.8 Å². The average molecular weight is 377 g/mol. The maximum absolute atomic E-state index is 12.7. The molecule has 0 radical (unpaired) electrons. The summed E-state index contributed by atoms with van der Waals surface area (Å²) in [7, 11) is 1.35. The van der Waals surface area contributed by atoms with Crippen molar-refractivity contribution < 1.29 is 24.3 Å². The molecule has 1 aliphatic heterocycles. The molecule has 0 unspecified atom stereocenters. The Balaban J connectivity index is 2.25. The number of carbonyl (C=O) groups excluding carboxylic acids is 2. The molecule has 148 valence electrons. The van der Waals surface area contributed by atoms with E-state index in [0.717, 1.165) is 5.56 Å². The Morgan fingerprint density at radius 3 is 2.44 bits per heavy atom. The summed E-state index contributed by atoms with van der Waals surface area (Å²) in [5, 5.41) is 11.8. The van der Waals surface area contributed by atoms with E-state index in [-0.39, 0.29) is 30.2 Å². The average Bonchev–Trinajstić information content (AvgIpc) is 3.03. The third kappa shape index (κ3) is 5.35. The van der Waals surface area contributed by atoms with Gasteiger partial charge >= 0.3 is 12.1 Å². The molecule has 1 aliphatic rings. The van der Waals surface area contributed by atoms with Crippen LogP contribution in [0.5, 0.6) is 0 Å². The van der Waals surface area contributed by atoms with E-state index >= 15 is 0 Å². The number of hydrogen-bond donors (Lipinski definition) is 2. The molecule has 8 heteroatoms. The minimum atomic E-state index is -0.613. The Morgan fingerprint density at radius 2 is 1.93 bits per heavy atom. The molecule has 27 heavy (non-hydrogen) atoms. The summed E-state index contributed by atoms with van der Waals surface area (Å²) in [5.41, 5.74) is 6.46. The summed E-state index contributed by atoms with van der Waals surface area (Å²) < 4.78 is 10.3. The van der Waals surface area contributed by atoms with Crippen LogP contribution < -0.4 is 5.73 Å². The van der Waals surface area contributed by atoms with E-state index in [2.05, 4.69) is 5.16 Å². The van der Waals surface area contributed by atoms with Gasteiger partial charge in [-0.2, -0.15) is 0 Å². The van der Waals surface area contributed by atoms with E-state index in [4.69, 9.17) is 20.4 Å². The topological polar surface area (TPSA) is 114 Å². The van der Waals surface area contributed by atoms with Gasteiger partial charge in [0.25, 0.3) is 0 Å². The van der Waals surface area contributed by atoms with Crippen LogP contribution in [0.15, 0.2) is 29.4 Å². The molecular weight excluding hydrogens is 350 g/mol. The molecule has 1 aromatic carbocycles. The van der Waals surface area contributed by atoms with E-state index in [0.29, 0.717) is 18.5 Å². The molecule has 3 N–H and O–H groups in total. The molecule has 0 aromatic heterocycles. The Kier molecular flexibility index (Phi) is 6.30. The van der Waals surface area contributed by atoms with Crippen molar-refractivity contribution in [2.24, 2.45) is 16.8 Å². The molecule has 1 saturated heterocycles. The second-order valence-corrected chi connectivity index (χ2v) is 7.64. The van der Waals surface area contributed by atoms with Crippen molar-refractivity contribution in [3.63, 3.8) is 0 Å². The van der Waals surface area contributed by atoms with Crippen LogP contribution in [0.4, 0.5) is 4.79 Å². The molecule has 2 rings (SSSR count). The zero-order chi connectivity index (χ0) is 20.2. The lowest BCUT2D eigenvalue weighted by molar-refractivity contribution is -0.141. The molecule has 8 nitrogen and oxygen atoms in total. The number of methoxy groups -OCH3 is 1. The van der Waals surface area contributed by atoms with Gasteiger partial charge in [-0.25, -0.2) is 4.79 Å². The third-order valence-electron chi connectivity index (χ3n) is 4.40. The predicted octanol–water partition coefficient (Wildman–Crippen LogP) is 2.64. The van der Waals surface area contributed by atoms with Crippen LogP contribution in [0.25, 0.3) is 0 Å². The second kappa shape index (κ2) is 8.28. The van der Waals surface area contributed by atoms with Gasteiger partial charge in [0, 0.05) is 12.1 Å². The number of nitrogens with zero attached hydrogens (tertiary/aromatic N) is 2. The van der Waals surface area contributed by atoms with Gasteiger partial charge in [0.15, 0.2) is 5.84 Å². The highest BCUT2D eigenvalue weighted by Crippen LogP contribution is 2.38. The number of ether oxygens (including phenoxy) is 2. The lowest BCUT2D eigenvalue weighted by atomic mass is 9.97. The molecule has 0 bridgehead atoms. The Labute approximate surface area is 158 Å². The molecule has 2 atom stereocenters. The number of amidine groups is 1. The lowest BCUT2D eigenvalue weighted by Gasteiger charge is -2.29. The van der Waals surface area contributed by atoms with Crippen molar-refractivity contribution >= 4 is 17.9 Å². The van der Waals surface area contributed by atoms with Crippen LogP contribution in [-0.4, -0.2) is 47.3 Å². The number of amides is 1. The second-order valence-electron chi connectivity index (χ2n) is 7.64. The number of carbonyl (C=O) groups is 2. The van der Waals surface area contributed by atoms with Crippen molar-refractivity contribution in [1.82, 2.24) is 4.90 Å². The first-order valence-electron chi connectivity index (χ1n) is 8.79. The summed E-state index contributed by atoms with van der Waals surface area (Å²) in [4.78, 5) is 26.0. The molecule has 1 fully saturated rings. The van der Waals surface area contributed by atoms with E-state index in [1.165, 1.54) is 7.11 Å². The molecule has 0 aliphatic carbocycles. The van der Waals surface area contributed by atoms with Gasteiger partial charge in [0.1, 0.15) is 5.60 Å². The number of oxime groups is 1. The zero-order valence-electron chi connectivity index (χ0n) is 16.1. The summed E-state index contributed by atoms with van der Waals surface area (Å²) >= 11 is 0. The smallest absolute Gasteiger partial charge is 0.410 e. The van der Waals surface area contributed by atoms with Gasteiger partial charge in [-0.1, -0.05) is 29.4 Å². The maximum atomic E-state index is 12.7. The monoisotopic (exact) mass is 377 g/mol. The van der Waals surface area contributed by atoms with Crippen LogP contribution in [0.3, 0.4) is 0 Å². The molecule has 1 amide bonds. The Morgan fingerprint density at radius 1 is 1.30 bits per heavy atom. The third-order valence-corrected chi connectivity index (χ3v) is 4.40. The molecular formula is C19H27N3O5. The minimum absolute atomic E-state index is 0.0144. The Bertz CT molecular complexity index is 709. The number of rotatable bonds is 4. The van der Waals surface area contributed by atoms with Gasteiger partial charge in [-0.15, -0.1) is 0 Å². The van der Waals surface area contributed by atoms with E-state index in [9.17, 15) is 9.59 Å². The van der Waals surface area contributed by atoms with Gasteiger partial charge < -0.3 is 25.3 Å². The summed E-state index contributed by atoms with van der Waals surface area (Å²) in [6.45, 7) is 5.85. The fourth-order valence-corrected chi connectivity index (χ4v) is 3.16. The van der Waals surface area contributed by atoms with Crippen molar-refractivity contribution in [3.8, 4) is 0 Å². The number of benzene rings is 1. The molecule has 1 aromatic rings. The van der Waals surface area contributed by atoms with Gasteiger partial charge in [-0.3, -0.25) is 4.79 Å².